The number of hydrogen-bond donors (Lipinski definition) is 1. The Kier molecular flexibility index (Phi) is 5.01. The van der Waals surface area contributed by atoms with E-state index in [0.717, 1.165) is 38.2 Å². The van der Waals surface area contributed by atoms with Gasteiger partial charge in [0, 0.05) is 33.9 Å². The summed E-state index contributed by atoms with van der Waals surface area (Å²) in [6.07, 6.45) is 1.65. The number of aryl methyl sites for hydroxylation is 2. The molecule has 0 bridgehead atoms. The molecule has 0 radical (unpaired) electrons. The molecule has 1 aromatic carbocycles. The molecule has 3 nitrogen and oxygen atoms in total. The second-order valence-electron chi connectivity index (χ2n) is 5.29. The average molecular weight is 350 g/mol. The number of hydrogen-bond acceptors (Lipinski definition) is 3. The second kappa shape index (κ2) is 6.58. The summed E-state index contributed by atoms with van der Waals surface area (Å²) < 4.78 is 6.34. The number of aromatic nitrogens is 1. The molecule has 112 valence electrons. The van der Waals surface area contributed by atoms with E-state index < -0.39 is 6.10 Å². The zero-order chi connectivity index (χ0) is 15.6. The van der Waals surface area contributed by atoms with Gasteiger partial charge in [0.2, 0.25) is 0 Å². The van der Waals surface area contributed by atoms with E-state index in [9.17, 15) is 5.11 Å². The predicted molar refractivity (Wildman–Crippen MR) is 87.8 cm³/mol. The first kappa shape index (κ1) is 16.0. The Morgan fingerprint density at radius 1 is 1.29 bits per heavy atom. The van der Waals surface area contributed by atoms with Gasteiger partial charge in [0.1, 0.15) is 5.75 Å². The number of nitrogens with zero attached hydrogens (tertiary/aromatic N) is 1. The first-order valence-corrected chi connectivity index (χ1v) is 7.66. The minimum Gasteiger partial charge on any atom is -0.496 e. The fourth-order valence-corrected chi connectivity index (χ4v) is 3.23. The zero-order valence-corrected chi connectivity index (χ0v) is 14.4. The molecular weight excluding hydrogens is 330 g/mol. The minimum absolute atomic E-state index is 0.462. The van der Waals surface area contributed by atoms with Crippen molar-refractivity contribution in [3.63, 3.8) is 0 Å². The van der Waals surface area contributed by atoms with Crippen LogP contribution in [-0.4, -0.2) is 17.2 Å². The average Bonchev–Trinajstić information content (AvgIpc) is 2.42. The van der Waals surface area contributed by atoms with E-state index >= 15 is 0 Å². The van der Waals surface area contributed by atoms with Crippen molar-refractivity contribution in [2.24, 2.45) is 0 Å². The van der Waals surface area contributed by atoms with Crippen molar-refractivity contribution in [3.8, 4) is 5.75 Å². The monoisotopic (exact) mass is 349 g/mol. The van der Waals surface area contributed by atoms with Crippen LogP contribution in [0.5, 0.6) is 5.75 Å². The topological polar surface area (TPSA) is 42.4 Å². The van der Waals surface area contributed by atoms with Crippen LogP contribution in [0.1, 0.15) is 34.1 Å². The quantitative estimate of drug-likeness (QED) is 0.905. The third-order valence-corrected chi connectivity index (χ3v) is 4.34. The molecule has 0 spiro atoms. The molecule has 2 rings (SSSR count). The zero-order valence-electron chi connectivity index (χ0n) is 12.8. The van der Waals surface area contributed by atoms with Crippen molar-refractivity contribution in [1.29, 1.82) is 0 Å². The molecule has 1 unspecified atom stereocenters. The molecule has 2 aromatic rings. The number of pyridine rings is 1. The predicted octanol–water partition coefficient (Wildman–Crippen LogP) is 4.05. The summed E-state index contributed by atoms with van der Waals surface area (Å²) in [4.78, 5) is 4.44. The van der Waals surface area contributed by atoms with Crippen molar-refractivity contribution in [2.45, 2.75) is 33.3 Å². The lowest BCUT2D eigenvalue weighted by atomic mass is 10.00. The summed E-state index contributed by atoms with van der Waals surface area (Å²) in [6, 6.07) is 5.96. The van der Waals surface area contributed by atoms with Crippen molar-refractivity contribution in [1.82, 2.24) is 4.98 Å². The molecule has 0 aliphatic carbocycles. The molecule has 1 atom stereocenters. The standard InChI is InChI=1S/C17H20BrNO2/c1-10-5-6-13(14(18)7-10)16(20)8-15-12(3)17(21-4)11(2)9-19-15/h5-7,9,16,20H,8H2,1-4H3. The highest BCUT2D eigenvalue weighted by Crippen LogP contribution is 2.30. The number of halogens is 1. The molecule has 0 amide bonds. The van der Waals surface area contributed by atoms with Crippen LogP contribution in [-0.2, 0) is 6.42 Å². The van der Waals surface area contributed by atoms with Gasteiger partial charge >= 0.3 is 0 Å². The van der Waals surface area contributed by atoms with Crippen LogP contribution >= 0.6 is 15.9 Å². The van der Waals surface area contributed by atoms with Gasteiger partial charge in [0.05, 0.1) is 13.2 Å². The molecule has 21 heavy (non-hydrogen) atoms. The van der Waals surface area contributed by atoms with Crippen LogP contribution < -0.4 is 4.74 Å². The Morgan fingerprint density at radius 3 is 2.62 bits per heavy atom. The summed E-state index contributed by atoms with van der Waals surface area (Å²) in [6.45, 7) is 5.97. The summed E-state index contributed by atoms with van der Waals surface area (Å²) in [5, 5.41) is 10.5. The lowest BCUT2D eigenvalue weighted by Gasteiger charge is -2.16. The Balaban J connectivity index is 2.29. The maximum absolute atomic E-state index is 10.5. The van der Waals surface area contributed by atoms with E-state index in [2.05, 4.69) is 20.9 Å². The van der Waals surface area contributed by atoms with Crippen LogP contribution in [0, 0.1) is 20.8 Å². The fourth-order valence-electron chi connectivity index (χ4n) is 2.47. The minimum atomic E-state index is -0.599. The summed E-state index contributed by atoms with van der Waals surface area (Å²) in [7, 11) is 1.66. The highest BCUT2D eigenvalue weighted by molar-refractivity contribution is 9.10. The first-order valence-electron chi connectivity index (χ1n) is 6.87. The lowest BCUT2D eigenvalue weighted by molar-refractivity contribution is 0.176. The highest BCUT2D eigenvalue weighted by Gasteiger charge is 2.16. The number of aliphatic hydroxyl groups is 1. The molecule has 0 fully saturated rings. The number of methoxy groups -OCH3 is 1. The molecule has 1 N–H and O–H groups in total. The second-order valence-corrected chi connectivity index (χ2v) is 6.15. The fraction of sp³-hybridized carbons (Fsp3) is 0.353. The van der Waals surface area contributed by atoms with Gasteiger partial charge < -0.3 is 9.84 Å². The Hall–Kier alpha value is -1.39. The molecule has 0 saturated carbocycles. The van der Waals surface area contributed by atoms with Crippen LogP contribution in [0.4, 0.5) is 0 Å². The maximum Gasteiger partial charge on any atom is 0.128 e. The van der Waals surface area contributed by atoms with Crippen LogP contribution in [0.15, 0.2) is 28.9 Å². The normalized spacial score (nSPS) is 12.3. The van der Waals surface area contributed by atoms with E-state index in [1.54, 1.807) is 13.3 Å². The number of benzene rings is 1. The van der Waals surface area contributed by atoms with E-state index in [4.69, 9.17) is 4.74 Å². The van der Waals surface area contributed by atoms with E-state index in [0.29, 0.717) is 6.42 Å². The van der Waals surface area contributed by atoms with Crippen LogP contribution in [0.3, 0.4) is 0 Å². The van der Waals surface area contributed by atoms with Crippen molar-refractivity contribution < 1.29 is 9.84 Å². The van der Waals surface area contributed by atoms with Crippen LogP contribution in [0.2, 0.25) is 0 Å². The van der Waals surface area contributed by atoms with Gasteiger partial charge in [-0.05, 0) is 38.0 Å². The third-order valence-electron chi connectivity index (χ3n) is 3.65. The van der Waals surface area contributed by atoms with E-state index in [-0.39, 0.29) is 0 Å². The van der Waals surface area contributed by atoms with Crippen molar-refractivity contribution in [3.05, 3.63) is 56.8 Å². The maximum atomic E-state index is 10.5. The summed E-state index contributed by atoms with van der Waals surface area (Å²) in [5.41, 5.74) is 4.88. The van der Waals surface area contributed by atoms with Crippen molar-refractivity contribution in [2.75, 3.05) is 7.11 Å². The first-order chi connectivity index (χ1) is 9.93. The van der Waals surface area contributed by atoms with Crippen LogP contribution in [0.25, 0.3) is 0 Å². The molecular formula is C17H20BrNO2. The molecule has 4 heteroatoms. The van der Waals surface area contributed by atoms with E-state index in [1.165, 1.54) is 0 Å². The largest absolute Gasteiger partial charge is 0.496 e. The lowest BCUT2D eigenvalue weighted by Crippen LogP contribution is -2.07. The number of aliphatic hydroxyl groups excluding tert-OH is 1. The van der Waals surface area contributed by atoms with Crippen molar-refractivity contribution >= 4 is 15.9 Å². The number of rotatable bonds is 4. The highest BCUT2D eigenvalue weighted by atomic mass is 79.9. The van der Waals surface area contributed by atoms with Gasteiger partial charge in [-0.1, -0.05) is 28.1 Å². The smallest absolute Gasteiger partial charge is 0.128 e. The van der Waals surface area contributed by atoms with E-state index in [1.807, 2.05) is 39.0 Å². The van der Waals surface area contributed by atoms with Gasteiger partial charge in [-0.3, -0.25) is 4.98 Å². The summed E-state index contributed by atoms with van der Waals surface area (Å²) in [5.74, 6) is 0.843. The molecule has 0 aliphatic heterocycles. The summed E-state index contributed by atoms with van der Waals surface area (Å²) >= 11 is 3.51. The van der Waals surface area contributed by atoms with Gasteiger partial charge in [-0.2, -0.15) is 0 Å². The third kappa shape index (κ3) is 3.44. The Bertz CT molecular complexity index is 655. The van der Waals surface area contributed by atoms with Gasteiger partial charge in [-0.15, -0.1) is 0 Å². The Labute approximate surface area is 134 Å². The molecule has 1 heterocycles. The molecule has 1 aromatic heterocycles. The molecule has 0 aliphatic rings. The van der Waals surface area contributed by atoms with Gasteiger partial charge in [0.25, 0.3) is 0 Å². The number of ether oxygens (including phenoxy) is 1. The Morgan fingerprint density at radius 2 is 2.00 bits per heavy atom. The SMILES string of the molecule is COc1c(C)cnc(CC(O)c2ccc(C)cc2Br)c1C. The van der Waals surface area contributed by atoms with Gasteiger partial charge in [0.15, 0.2) is 0 Å². The van der Waals surface area contributed by atoms with Gasteiger partial charge in [-0.25, -0.2) is 0 Å². The molecule has 0 saturated heterocycles.